The molecule has 0 radical (unpaired) electrons. The average Bonchev–Trinajstić information content (AvgIpc) is 3.06. The van der Waals surface area contributed by atoms with Gasteiger partial charge in [0.2, 0.25) is 0 Å². The SMILES string of the molecule is Cc1c(F)cccc1NC(c1cccs1)C1CC1. The topological polar surface area (TPSA) is 12.0 Å². The minimum Gasteiger partial charge on any atom is -0.377 e. The van der Waals surface area contributed by atoms with Crippen LogP contribution in [0.2, 0.25) is 0 Å². The lowest BCUT2D eigenvalue weighted by Gasteiger charge is -2.20. The Morgan fingerprint density at radius 2 is 2.11 bits per heavy atom. The van der Waals surface area contributed by atoms with Crippen molar-refractivity contribution in [1.82, 2.24) is 0 Å². The highest BCUT2D eigenvalue weighted by Gasteiger charge is 2.33. The molecule has 3 rings (SSSR count). The average molecular weight is 261 g/mol. The lowest BCUT2D eigenvalue weighted by Crippen LogP contribution is -2.12. The van der Waals surface area contributed by atoms with Crippen LogP contribution >= 0.6 is 11.3 Å². The second-order valence-corrected chi connectivity index (χ2v) is 5.87. The Bertz CT molecular complexity index is 531. The Balaban J connectivity index is 1.87. The van der Waals surface area contributed by atoms with Gasteiger partial charge in [0.05, 0.1) is 6.04 Å². The number of hydrogen-bond acceptors (Lipinski definition) is 2. The van der Waals surface area contributed by atoms with Gasteiger partial charge < -0.3 is 5.32 Å². The van der Waals surface area contributed by atoms with Crippen LogP contribution in [-0.4, -0.2) is 0 Å². The molecule has 0 saturated heterocycles. The van der Waals surface area contributed by atoms with E-state index >= 15 is 0 Å². The fourth-order valence-corrected chi connectivity index (χ4v) is 3.12. The molecule has 3 heteroatoms. The van der Waals surface area contributed by atoms with Gasteiger partial charge in [-0.25, -0.2) is 4.39 Å². The van der Waals surface area contributed by atoms with E-state index in [9.17, 15) is 4.39 Å². The van der Waals surface area contributed by atoms with Gasteiger partial charge in [-0.2, -0.15) is 0 Å². The fraction of sp³-hybridized carbons (Fsp3) is 0.333. The Hall–Kier alpha value is -1.35. The number of anilines is 1. The molecule has 1 nitrogen and oxygen atoms in total. The molecule has 0 aliphatic heterocycles. The zero-order valence-electron chi connectivity index (χ0n) is 10.3. The number of rotatable bonds is 4. The van der Waals surface area contributed by atoms with Gasteiger partial charge in [-0.3, -0.25) is 0 Å². The lowest BCUT2D eigenvalue weighted by molar-refractivity contribution is 0.617. The van der Waals surface area contributed by atoms with Crippen molar-refractivity contribution in [2.24, 2.45) is 5.92 Å². The van der Waals surface area contributed by atoms with Crippen molar-refractivity contribution in [2.45, 2.75) is 25.8 Å². The molecule has 0 bridgehead atoms. The van der Waals surface area contributed by atoms with Gasteiger partial charge in [-0.1, -0.05) is 12.1 Å². The maximum atomic E-state index is 13.6. The summed E-state index contributed by atoms with van der Waals surface area (Å²) in [6.45, 7) is 1.83. The summed E-state index contributed by atoms with van der Waals surface area (Å²) in [5.41, 5.74) is 1.63. The smallest absolute Gasteiger partial charge is 0.128 e. The van der Waals surface area contributed by atoms with Crippen molar-refractivity contribution in [3.8, 4) is 0 Å². The minimum atomic E-state index is -0.138. The monoisotopic (exact) mass is 261 g/mol. The van der Waals surface area contributed by atoms with E-state index in [1.807, 2.05) is 13.0 Å². The summed E-state index contributed by atoms with van der Waals surface area (Å²) in [5.74, 6) is 0.562. The molecule has 1 atom stereocenters. The number of halogens is 1. The number of benzene rings is 1. The predicted molar refractivity (Wildman–Crippen MR) is 74.5 cm³/mol. The first-order valence-electron chi connectivity index (χ1n) is 6.31. The Morgan fingerprint density at radius 1 is 1.28 bits per heavy atom. The van der Waals surface area contributed by atoms with Crippen molar-refractivity contribution >= 4 is 17.0 Å². The van der Waals surface area contributed by atoms with Crippen LogP contribution in [0.3, 0.4) is 0 Å². The number of thiophene rings is 1. The van der Waals surface area contributed by atoms with Crippen LogP contribution in [0.25, 0.3) is 0 Å². The van der Waals surface area contributed by atoms with E-state index in [4.69, 9.17) is 0 Å². The van der Waals surface area contributed by atoms with Gasteiger partial charge >= 0.3 is 0 Å². The Morgan fingerprint density at radius 3 is 2.78 bits per heavy atom. The minimum absolute atomic E-state index is 0.138. The highest BCUT2D eigenvalue weighted by Crippen LogP contribution is 2.44. The third kappa shape index (κ3) is 2.27. The van der Waals surface area contributed by atoms with Crippen molar-refractivity contribution in [1.29, 1.82) is 0 Å². The maximum absolute atomic E-state index is 13.6. The normalized spacial score (nSPS) is 16.6. The van der Waals surface area contributed by atoms with Crippen LogP contribution in [0.1, 0.15) is 29.3 Å². The summed E-state index contributed by atoms with van der Waals surface area (Å²) < 4.78 is 13.6. The molecule has 1 heterocycles. The van der Waals surface area contributed by atoms with Crippen molar-refractivity contribution in [3.63, 3.8) is 0 Å². The first kappa shape index (κ1) is 11.7. The lowest BCUT2D eigenvalue weighted by atomic mass is 10.1. The second-order valence-electron chi connectivity index (χ2n) is 4.89. The Kier molecular flexibility index (Phi) is 3.08. The second kappa shape index (κ2) is 4.73. The van der Waals surface area contributed by atoms with Crippen LogP contribution in [-0.2, 0) is 0 Å². The maximum Gasteiger partial charge on any atom is 0.128 e. The first-order chi connectivity index (χ1) is 8.75. The van der Waals surface area contributed by atoms with E-state index in [1.54, 1.807) is 17.4 Å². The zero-order chi connectivity index (χ0) is 12.5. The molecular formula is C15H16FNS. The predicted octanol–water partition coefficient (Wildman–Crippen LogP) is 4.76. The molecule has 1 N–H and O–H groups in total. The molecule has 18 heavy (non-hydrogen) atoms. The number of nitrogens with one attached hydrogen (secondary N) is 1. The van der Waals surface area contributed by atoms with Gasteiger partial charge in [0.25, 0.3) is 0 Å². The van der Waals surface area contributed by atoms with E-state index in [-0.39, 0.29) is 5.82 Å². The van der Waals surface area contributed by atoms with Gasteiger partial charge in [-0.15, -0.1) is 11.3 Å². The van der Waals surface area contributed by atoms with Crippen LogP contribution in [0.4, 0.5) is 10.1 Å². The zero-order valence-corrected chi connectivity index (χ0v) is 11.1. The molecule has 0 spiro atoms. The van der Waals surface area contributed by atoms with E-state index in [1.165, 1.54) is 23.8 Å². The molecule has 2 aromatic rings. The Labute approximate surface area is 111 Å². The van der Waals surface area contributed by atoms with Crippen LogP contribution < -0.4 is 5.32 Å². The van der Waals surface area contributed by atoms with E-state index in [0.29, 0.717) is 17.5 Å². The van der Waals surface area contributed by atoms with E-state index < -0.39 is 0 Å². The molecule has 1 aliphatic rings. The molecule has 1 unspecified atom stereocenters. The van der Waals surface area contributed by atoms with Gasteiger partial charge in [-0.05, 0) is 49.3 Å². The number of hydrogen-bond donors (Lipinski definition) is 1. The van der Waals surface area contributed by atoms with Crippen molar-refractivity contribution in [2.75, 3.05) is 5.32 Å². The van der Waals surface area contributed by atoms with Crippen LogP contribution in [0.5, 0.6) is 0 Å². The largest absolute Gasteiger partial charge is 0.377 e. The van der Waals surface area contributed by atoms with E-state index in [0.717, 1.165) is 5.69 Å². The molecular weight excluding hydrogens is 245 g/mol. The fourth-order valence-electron chi connectivity index (χ4n) is 2.25. The molecule has 1 aromatic carbocycles. The molecule has 1 aliphatic carbocycles. The summed E-state index contributed by atoms with van der Waals surface area (Å²) in [6.07, 6.45) is 2.54. The van der Waals surface area contributed by atoms with Crippen molar-refractivity contribution in [3.05, 3.63) is 52.0 Å². The summed E-state index contributed by atoms with van der Waals surface area (Å²) in [6, 6.07) is 9.82. The molecule has 1 aromatic heterocycles. The van der Waals surface area contributed by atoms with Crippen LogP contribution in [0.15, 0.2) is 35.7 Å². The summed E-state index contributed by atoms with van der Waals surface area (Å²) in [4.78, 5) is 1.35. The third-order valence-electron chi connectivity index (χ3n) is 3.52. The highest BCUT2D eigenvalue weighted by molar-refractivity contribution is 7.10. The van der Waals surface area contributed by atoms with Gasteiger partial charge in [0, 0.05) is 16.1 Å². The standard InChI is InChI=1S/C15H16FNS/c1-10-12(16)4-2-5-13(10)17-15(11-7-8-11)14-6-3-9-18-14/h2-6,9,11,15,17H,7-8H2,1H3. The molecule has 1 fully saturated rings. The summed E-state index contributed by atoms with van der Waals surface area (Å²) in [7, 11) is 0. The molecule has 0 amide bonds. The van der Waals surface area contributed by atoms with Gasteiger partial charge in [0.1, 0.15) is 5.82 Å². The van der Waals surface area contributed by atoms with Crippen molar-refractivity contribution < 1.29 is 4.39 Å². The molecule has 94 valence electrons. The van der Waals surface area contributed by atoms with Gasteiger partial charge in [0.15, 0.2) is 0 Å². The summed E-state index contributed by atoms with van der Waals surface area (Å²) >= 11 is 1.77. The quantitative estimate of drug-likeness (QED) is 0.836. The highest BCUT2D eigenvalue weighted by atomic mass is 32.1. The van der Waals surface area contributed by atoms with E-state index in [2.05, 4.69) is 22.8 Å². The molecule has 1 saturated carbocycles. The summed E-state index contributed by atoms with van der Waals surface area (Å²) in [5, 5.41) is 5.62. The van der Waals surface area contributed by atoms with Crippen LogP contribution in [0, 0.1) is 18.7 Å². The first-order valence-corrected chi connectivity index (χ1v) is 7.19. The third-order valence-corrected chi connectivity index (χ3v) is 4.48.